The molecule has 0 aliphatic carbocycles. The van der Waals surface area contributed by atoms with Gasteiger partial charge in [-0.1, -0.05) is 18.2 Å². The molecule has 7 nitrogen and oxygen atoms in total. The van der Waals surface area contributed by atoms with Gasteiger partial charge in [0.15, 0.2) is 5.82 Å². The van der Waals surface area contributed by atoms with E-state index in [0.717, 1.165) is 17.5 Å². The highest BCUT2D eigenvalue weighted by Crippen LogP contribution is 2.18. The van der Waals surface area contributed by atoms with Crippen LogP contribution in [0.3, 0.4) is 0 Å². The number of para-hydroxylation sites is 1. The van der Waals surface area contributed by atoms with Crippen molar-refractivity contribution in [2.75, 3.05) is 11.1 Å². The first-order valence-electron chi connectivity index (χ1n) is 7.65. The van der Waals surface area contributed by atoms with Gasteiger partial charge in [-0.2, -0.15) is 15.0 Å². The van der Waals surface area contributed by atoms with Crippen molar-refractivity contribution in [2.24, 2.45) is 0 Å². The summed E-state index contributed by atoms with van der Waals surface area (Å²) in [4.78, 5) is 23.2. The first-order chi connectivity index (χ1) is 12.1. The number of benzene rings is 2. The van der Waals surface area contributed by atoms with Crippen LogP contribution < -0.4 is 15.8 Å². The summed E-state index contributed by atoms with van der Waals surface area (Å²) in [7, 11) is 0. The summed E-state index contributed by atoms with van der Waals surface area (Å²) in [5.41, 5.74) is 8.30. The van der Waals surface area contributed by atoms with E-state index in [4.69, 9.17) is 10.5 Å². The number of nitrogens with two attached hydrogens (primary N) is 1. The molecule has 25 heavy (non-hydrogen) atoms. The number of ether oxygens (including phenoxy) is 1. The molecule has 0 aliphatic rings. The number of anilines is 3. The Hall–Kier alpha value is -3.48. The number of carbonyl (C=O) groups excluding carboxylic acids is 1. The van der Waals surface area contributed by atoms with Crippen LogP contribution in [0.2, 0.25) is 0 Å². The number of hydrogen-bond donors (Lipinski definition) is 2. The number of hydrogen-bond acceptors (Lipinski definition) is 7. The maximum atomic E-state index is 10.7. The van der Waals surface area contributed by atoms with Crippen molar-refractivity contribution in [1.82, 2.24) is 15.0 Å². The summed E-state index contributed by atoms with van der Waals surface area (Å²) in [6.45, 7) is 2.12. The molecule has 1 heterocycles. The van der Waals surface area contributed by atoms with Crippen molar-refractivity contribution in [3.63, 3.8) is 0 Å². The zero-order valence-electron chi connectivity index (χ0n) is 13.6. The number of nitrogens with zero attached hydrogens (tertiary/aromatic N) is 3. The minimum atomic E-state index is 0.112. The normalized spacial score (nSPS) is 10.3. The van der Waals surface area contributed by atoms with E-state index in [0.29, 0.717) is 23.1 Å². The van der Waals surface area contributed by atoms with Crippen LogP contribution in [0.4, 0.5) is 17.6 Å². The van der Waals surface area contributed by atoms with Gasteiger partial charge in [-0.25, -0.2) is 0 Å². The Bertz CT molecular complexity index is 881. The van der Waals surface area contributed by atoms with Crippen LogP contribution >= 0.6 is 0 Å². The number of nitrogen functional groups attached to an aromatic ring is 1. The van der Waals surface area contributed by atoms with Gasteiger partial charge in [0, 0.05) is 11.3 Å². The predicted molar refractivity (Wildman–Crippen MR) is 94.9 cm³/mol. The van der Waals surface area contributed by atoms with E-state index in [1.807, 2.05) is 31.2 Å². The maximum Gasteiger partial charge on any atom is 0.232 e. The molecule has 0 fully saturated rings. The van der Waals surface area contributed by atoms with Crippen LogP contribution in [0, 0.1) is 6.92 Å². The molecule has 0 atom stereocenters. The highest BCUT2D eigenvalue weighted by Gasteiger charge is 2.07. The highest BCUT2D eigenvalue weighted by molar-refractivity contribution is 5.74. The molecule has 3 N–H and O–H groups in total. The highest BCUT2D eigenvalue weighted by atomic mass is 16.5. The fraction of sp³-hybridized carbons (Fsp3) is 0.111. The number of nitrogens with one attached hydrogen (secondary N) is 1. The first kappa shape index (κ1) is 16.4. The number of carbonyl (C=O) groups is 1. The lowest BCUT2D eigenvalue weighted by Gasteiger charge is -2.10. The van der Waals surface area contributed by atoms with Gasteiger partial charge in [-0.05, 0) is 42.8 Å². The van der Waals surface area contributed by atoms with E-state index >= 15 is 0 Å². The second-order valence-electron chi connectivity index (χ2n) is 5.35. The molecule has 7 heteroatoms. The molecule has 0 unspecified atom stereocenters. The van der Waals surface area contributed by atoms with E-state index in [2.05, 4.69) is 20.3 Å². The number of aromatic nitrogens is 3. The molecule has 0 spiro atoms. The molecular weight excluding hydrogens is 318 g/mol. The topological polar surface area (TPSA) is 103 Å². The molecular formula is C18H17N5O2. The second-order valence-corrected chi connectivity index (χ2v) is 5.35. The SMILES string of the molecule is Cc1ccccc1Nc1nc(N)nc(COc2ccc(C=O)cc2)n1. The monoisotopic (exact) mass is 335 g/mol. The van der Waals surface area contributed by atoms with Crippen LogP contribution in [0.5, 0.6) is 5.75 Å². The fourth-order valence-electron chi connectivity index (χ4n) is 2.18. The molecule has 2 aromatic carbocycles. The Kier molecular flexibility index (Phi) is 4.84. The van der Waals surface area contributed by atoms with E-state index in [1.54, 1.807) is 24.3 Å². The average molecular weight is 335 g/mol. The van der Waals surface area contributed by atoms with Crippen LogP contribution in [-0.4, -0.2) is 21.2 Å². The predicted octanol–water partition coefficient (Wildman–Crippen LogP) is 2.90. The summed E-state index contributed by atoms with van der Waals surface area (Å²) in [5, 5.41) is 3.13. The molecule has 1 aromatic heterocycles. The summed E-state index contributed by atoms with van der Waals surface area (Å²) in [6, 6.07) is 14.6. The van der Waals surface area contributed by atoms with Crippen LogP contribution in [0.15, 0.2) is 48.5 Å². The van der Waals surface area contributed by atoms with E-state index in [9.17, 15) is 4.79 Å². The molecule has 0 aliphatic heterocycles. The van der Waals surface area contributed by atoms with Gasteiger partial charge in [0.05, 0.1) is 0 Å². The van der Waals surface area contributed by atoms with Gasteiger partial charge in [-0.3, -0.25) is 4.79 Å². The molecule has 0 radical (unpaired) electrons. The van der Waals surface area contributed by atoms with Crippen LogP contribution in [0.1, 0.15) is 21.7 Å². The lowest BCUT2D eigenvalue weighted by molar-refractivity contribution is 0.112. The lowest BCUT2D eigenvalue weighted by atomic mass is 10.2. The van der Waals surface area contributed by atoms with Gasteiger partial charge in [0.1, 0.15) is 18.6 Å². The molecule has 0 amide bonds. The smallest absolute Gasteiger partial charge is 0.232 e. The summed E-state index contributed by atoms with van der Waals surface area (Å²) >= 11 is 0. The van der Waals surface area contributed by atoms with Gasteiger partial charge < -0.3 is 15.8 Å². The van der Waals surface area contributed by atoms with Crippen molar-refractivity contribution in [3.8, 4) is 5.75 Å². The minimum Gasteiger partial charge on any atom is -0.486 e. The zero-order valence-corrected chi connectivity index (χ0v) is 13.6. The lowest BCUT2D eigenvalue weighted by Crippen LogP contribution is -2.09. The second kappa shape index (κ2) is 7.39. The third kappa shape index (κ3) is 4.29. The van der Waals surface area contributed by atoms with E-state index in [-0.39, 0.29) is 12.6 Å². The molecule has 0 saturated carbocycles. The van der Waals surface area contributed by atoms with E-state index in [1.165, 1.54) is 0 Å². The number of aryl methyl sites for hydroxylation is 1. The van der Waals surface area contributed by atoms with E-state index < -0.39 is 0 Å². The Morgan fingerprint density at radius 2 is 1.84 bits per heavy atom. The third-order valence-corrected chi connectivity index (χ3v) is 3.47. The van der Waals surface area contributed by atoms with Crippen molar-refractivity contribution in [3.05, 3.63) is 65.5 Å². The Balaban J connectivity index is 1.72. The van der Waals surface area contributed by atoms with Gasteiger partial charge in [0.25, 0.3) is 0 Å². The average Bonchev–Trinajstić information content (AvgIpc) is 2.62. The molecule has 0 saturated heterocycles. The summed E-state index contributed by atoms with van der Waals surface area (Å²) < 4.78 is 5.62. The van der Waals surface area contributed by atoms with Crippen LogP contribution in [-0.2, 0) is 6.61 Å². The minimum absolute atomic E-state index is 0.112. The maximum absolute atomic E-state index is 10.7. The molecule has 3 aromatic rings. The Morgan fingerprint density at radius 3 is 2.56 bits per heavy atom. The Morgan fingerprint density at radius 1 is 1.08 bits per heavy atom. The third-order valence-electron chi connectivity index (χ3n) is 3.47. The zero-order chi connectivity index (χ0) is 17.6. The summed E-state index contributed by atoms with van der Waals surface area (Å²) in [5.74, 6) is 1.48. The van der Waals surface area contributed by atoms with Gasteiger partial charge >= 0.3 is 0 Å². The summed E-state index contributed by atoms with van der Waals surface area (Å²) in [6.07, 6.45) is 0.778. The largest absolute Gasteiger partial charge is 0.486 e. The molecule has 3 rings (SSSR count). The van der Waals surface area contributed by atoms with Crippen molar-refractivity contribution < 1.29 is 9.53 Å². The quantitative estimate of drug-likeness (QED) is 0.668. The van der Waals surface area contributed by atoms with Crippen LogP contribution in [0.25, 0.3) is 0 Å². The van der Waals surface area contributed by atoms with Crippen molar-refractivity contribution in [1.29, 1.82) is 0 Å². The van der Waals surface area contributed by atoms with Gasteiger partial charge in [0.2, 0.25) is 11.9 Å². The Labute approximate surface area is 144 Å². The van der Waals surface area contributed by atoms with Gasteiger partial charge in [-0.15, -0.1) is 0 Å². The van der Waals surface area contributed by atoms with Crippen molar-refractivity contribution >= 4 is 23.9 Å². The van der Waals surface area contributed by atoms with Crippen molar-refractivity contribution in [2.45, 2.75) is 13.5 Å². The number of rotatable bonds is 6. The molecule has 126 valence electrons. The first-order valence-corrected chi connectivity index (χ1v) is 7.65. The fourth-order valence-corrected chi connectivity index (χ4v) is 2.18. The number of aldehydes is 1. The standard InChI is InChI=1S/C18H17N5O2/c1-12-4-2-3-5-15(12)20-18-22-16(21-17(19)23-18)11-25-14-8-6-13(10-24)7-9-14/h2-10H,11H2,1H3,(H3,19,20,21,22,23). The molecule has 0 bridgehead atoms.